The summed E-state index contributed by atoms with van der Waals surface area (Å²) in [6.45, 7) is 4.68. The highest BCUT2D eigenvalue weighted by atomic mass is 32.2. The van der Waals surface area contributed by atoms with E-state index in [0.29, 0.717) is 32.8 Å². The molecule has 2 aliphatic rings. The molecule has 0 unspecified atom stereocenters. The quantitative estimate of drug-likeness (QED) is 0.548. The molecule has 6 nitrogen and oxygen atoms in total. The molecule has 0 spiro atoms. The zero-order valence-electron chi connectivity index (χ0n) is 17.3. The second kappa shape index (κ2) is 8.89. The van der Waals surface area contributed by atoms with E-state index in [1.807, 2.05) is 19.1 Å². The normalized spacial score (nSPS) is 19.3. The zero-order chi connectivity index (χ0) is 21.3. The van der Waals surface area contributed by atoms with Crippen molar-refractivity contribution in [2.24, 2.45) is 0 Å². The molecule has 0 radical (unpaired) electrons. The number of carbonyl (C=O) groups excluding carboxylic acids is 1. The maximum absolute atomic E-state index is 13.3. The fourth-order valence-corrected chi connectivity index (χ4v) is 5.41. The van der Waals surface area contributed by atoms with Crippen LogP contribution in [0.3, 0.4) is 0 Å². The monoisotopic (exact) mass is 442 g/mol. The Morgan fingerprint density at radius 3 is 2.77 bits per heavy atom. The fourth-order valence-electron chi connectivity index (χ4n) is 4.03. The summed E-state index contributed by atoms with van der Waals surface area (Å²) in [6.07, 6.45) is 9.79. The van der Waals surface area contributed by atoms with Crippen LogP contribution in [0.15, 0.2) is 28.0 Å². The average molecular weight is 443 g/mol. The Morgan fingerprint density at radius 2 is 2.03 bits per heavy atom. The molecule has 2 aromatic heterocycles. The number of aryl methyl sites for hydroxylation is 1. The highest BCUT2D eigenvalue weighted by Crippen LogP contribution is 2.37. The van der Waals surface area contributed by atoms with Crippen LogP contribution in [-0.2, 0) is 4.79 Å². The van der Waals surface area contributed by atoms with Crippen LogP contribution in [0.4, 0.5) is 5.82 Å². The van der Waals surface area contributed by atoms with Crippen molar-refractivity contribution in [2.45, 2.75) is 58.4 Å². The van der Waals surface area contributed by atoms with Crippen molar-refractivity contribution in [3.63, 3.8) is 0 Å². The summed E-state index contributed by atoms with van der Waals surface area (Å²) in [5.41, 5.74) is 1.76. The molecule has 0 bridgehead atoms. The van der Waals surface area contributed by atoms with E-state index in [-0.39, 0.29) is 17.5 Å². The Hall–Kier alpha value is -2.19. The minimum Gasteiger partial charge on any atom is -0.369 e. The molecule has 30 heavy (non-hydrogen) atoms. The molecule has 0 aromatic carbocycles. The van der Waals surface area contributed by atoms with Gasteiger partial charge in [0.1, 0.15) is 15.8 Å². The number of carbonyl (C=O) groups is 1. The largest absolute Gasteiger partial charge is 0.369 e. The van der Waals surface area contributed by atoms with Crippen LogP contribution < -0.4 is 10.9 Å². The molecule has 1 amide bonds. The lowest BCUT2D eigenvalue weighted by Crippen LogP contribution is -2.39. The number of nitrogens with one attached hydrogen (secondary N) is 1. The van der Waals surface area contributed by atoms with Crippen molar-refractivity contribution in [3.05, 3.63) is 44.7 Å². The second-order valence-electron chi connectivity index (χ2n) is 7.88. The number of rotatable bonds is 5. The summed E-state index contributed by atoms with van der Waals surface area (Å²) in [5, 5.41) is 3.25. The molecule has 1 N–H and O–H groups in total. The Balaban J connectivity index is 1.77. The third kappa shape index (κ3) is 4.03. The standard InChI is InChI=1S/C22H26N4O2S2/c1-3-11-23-19-16(20(27)25-13-14(2)9-10-18(25)24-19)12-17-21(28)26(22(29)30-17)15-7-5-4-6-8-15/h9-10,12-13,15,23H,3-8,11H2,1-2H3. The van der Waals surface area contributed by atoms with Crippen LogP contribution in [-0.4, -0.2) is 37.1 Å². The molecule has 1 saturated heterocycles. The first-order chi connectivity index (χ1) is 14.5. The lowest BCUT2D eigenvalue weighted by molar-refractivity contribution is -0.124. The number of nitrogens with zero attached hydrogens (tertiary/aromatic N) is 3. The molecule has 1 aliphatic heterocycles. The maximum Gasteiger partial charge on any atom is 0.267 e. The predicted molar refractivity (Wildman–Crippen MR) is 127 cm³/mol. The molecule has 1 aliphatic carbocycles. The number of aromatic nitrogens is 2. The first kappa shape index (κ1) is 21.1. The van der Waals surface area contributed by atoms with Crippen LogP contribution in [0.2, 0.25) is 0 Å². The van der Waals surface area contributed by atoms with Crippen molar-refractivity contribution >= 4 is 51.7 Å². The van der Waals surface area contributed by atoms with E-state index in [2.05, 4.69) is 17.2 Å². The number of hydrogen-bond acceptors (Lipinski definition) is 6. The van der Waals surface area contributed by atoms with E-state index in [1.165, 1.54) is 18.2 Å². The zero-order valence-corrected chi connectivity index (χ0v) is 18.9. The Bertz CT molecular complexity index is 1090. The van der Waals surface area contributed by atoms with Gasteiger partial charge in [-0.05, 0) is 43.9 Å². The molecule has 158 valence electrons. The van der Waals surface area contributed by atoms with Gasteiger partial charge in [-0.3, -0.25) is 18.9 Å². The van der Waals surface area contributed by atoms with Crippen molar-refractivity contribution in [2.75, 3.05) is 11.9 Å². The van der Waals surface area contributed by atoms with E-state index in [9.17, 15) is 9.59 Å². The summed E-state index contributed by atoms with van der Waals surface area (Å²) in [5.74, 6) is 0.417. The number of fused-ring (bicyclic) bond motifs is 1. The highest BCUT2D eigenvalue weighted by Gasteiger charge is 2.37. The van der Waals surface area contributed by atoms with Gasteiger partial charge in [0.25, 0.3) is 11.5 Å². The van der Waals surface area contributed by atoms with Gasteiger partial charge in [-0.15, -0.1) is 0 Å². The van der Waals surface area contributed by atoms with E-state index >= 15 is 0 Å². The Morgan fingerprint density at radius 1 is 1.27 bits per heavy atom. The van der Waals surface area contributed by atoms with Crippen molar-refractivity contribution < 1.29 is 4.79 Å². The van der Waals surface area contributed by atoms with Gasteiger partial charge >= 0.3 is 0 Å². The molecule has 8 heteroatoms. The second-order valence-corrected chi connectivity index (χ2v) is 9.56. The summed E-state index contributed by atoms with van der Waals surface area (Å²) in [4.78, 5) is 33.4. The first-order valence-corrected chi connectivity index (χ1v) is 11.8. The van der Waals surface area contributed by atoms with Crippen LogP contribution in [0.5, 0.6) is 0 Å². The van der Waals surface area contributed by atoms with Crippen molar-refractivity contribution in [1.29, 1.82) is 0 Å². The summed E-state index contributed by atoms with van der Waals surface area (Å²) in [6, 6.07) is 3.94. The van der Waals surface area contributed by atoms with E-state index in [4.69, 9.17) is 12.2 Å². The van der Waals surface area contributed by atoms with E-state index in [1.54, 1.807) is 21.6 Å². The van der Waals surface area contributed by atoms with Gasteiger partial charge in [0.05, 0.1) is 10.5 Å². The number of hydrogen-bond donors (Lipinski definition) is 1. The van der Waals surface area contributed by atoms with Crippen molar-refractivity contribution in [1.82, 2.24) is 14.3 Å². The van der Waals surface area contributed by atoms with E-state index < -0.39 is 0 Å². The lowest BCUT2D eigenvalue weighted by atomic mass is 9.94. The summed E-state index contributed by atoms with van der Waals surface area (Å²) in [7, 11) is 0. The van der Waals surface area contributed by atoms with Gasteiger partial charge in [-0.1, -0.05) is 56.2 Å². The number of thioether (sulfide) groups is 1. The molecule has 3 heterocycles. The van der Waals surface area contributed by atoms with Crippen LogP contribution in [0, 0.1) is 6.92 Å². The number of amides is 1. The topological polar surface area (TPSA) is 66.7 Å². The lowest BCUT2D eigenvalue weighted by Gasteiger charge is -2.29. The third-order valence-corrected chi connectivity index (χ3v) is 6.92. The maximum atomic E-state index is 13.3. The van der Waals surface area contributed by atoms with Gasteiger partial charge in [-0.25, -0.2) is 4.98 Å². The fraction of sp³-hybridized carbons (Fsp3) is 0.455. The van der Waals surface area contributed by atoms with Crippen molar-refractivity contribution in [3.8, 4) is 0 Å². The van der Waals surface area contributed by atoms with Crippen LogP contribution in [0.25, 0.3) is 11.7 Å². The van der Waals surface area contributed by atoms with Crippen LogP contribution >= 0.6 is 24.0 Å². The molecule has 1 saturated carbocycles. The summed E-state index contributed by atoms with van der Waals surface area (Å²) < 4.78 is 2.13. The van der Waals surface area contributed by atoms with Crippen LogP contribution in [0.1, 0.15) is 56.6 Å². The number of anilines is 1. The van der Waals surface area contributed by atoms with Gasteiger partial charge in [-0.2, -0.15) is 0 Å². The summed E-state index contributed by atoms with van der Waals surface area (Å²) >= 11 is 6.82. The molecule has 0 atom stereocenters. The number of thiocarbonyl (C=S) groups is 1. The SMILES string of the molecule is CCCNc1nc2ccc(C)cn2c(=O)c1C=C1SC(=S)N(C2CCCCC2)C1=O. The number of pyridine rings is 1. The first-order valence-electron chi connectivity index (χ1n) is 10.5. The van der Waals surface area contributed by atoms with E-state index in [0.717, 1.165) is 37.7 Å². The highest BCUT2D eigenvalue weighted by molar-refractivity contribution is 8.26. The van der Waals surface area contributed by atoms with Gasteiger partial charge in [0, 0.05) is 18.8 Å². The van der Waals surface area contributed by atoms with Gasteiger partial charge in [0.15, 0.2) is 0 Å². The smallest absolute Gasteiger partial charge is 0.267 e. The molecule has 2 aromatic rings. The molecule has 4 rings (SSSR count). The Labute approximate surface area is 185 Å². The Kier molecular flexibility index (Phi) is 6.24. The van der Waals surface area contributed by atoms with Gasteiger partial charge < -0.3 is 5.32 Å². The minimum absolute atomic E-state index is 0.0907. The third-order valence-electron chi connectivity index (χ3n) is 5.59. The molecular formula is C22H26N4O2S2. The van der Waals surface area contributed by atoms with Gasteiger partial charge in [0.2, 0.25) is 0 Å². The predicted octanol–water partition coefficient (Wildman–Crippen LogP) is 4.36. The molecular weight excluding hydrogens is 416 g/mol. The molecule has 2 fully saturated rings. The average Bonchev–Trinajstić information content (AvgIpc) is 3.03. The minimum atomic E-state index is -0.190.